The van der Waals surface area contributed by atoms with Crippen molar-refractivity contribution in [3.63, 3.8) is 0 Å². The van der Waals surface area contributed by atoms with E-state index in [0.717, 1.165) is 0 Å². The van der Waals surface area contributed by atoms with Gasteiger partial charge < -0.3 is 4.55 Å². The standard InChI is InChI=1S/C7H5F3O3S.C7H8I/c8-7(9,10)5-1-3-6(4-2-5)14(11,12)13;1-6-2-4-7(8)5-3-6/h1-4H,(H,11,12,13);2-5,8H,1H3/q;+1/p-1. The van der Waals surface area contributed by atoms with Gasteiger partial charge >= 0.3 is 6.18 Å². The molecule has 2 rings (SSSR count). The topological polar surface area (TPSA) is 57.2 Å². The highest BCUT2D eigenvalue weighted by molar-refractivity contribution is 7.85. The SMILES string of the molecule is Cc1ccc([IH+])cc1.O=S(=O)([O-])c1ccc(C(F)(F)F)cc1. The zero-order chi connectivity index (χ0) is 17.0. The molecule has 0 spiro atoms. The molecule has 0 atom stereocenters. The predicted molar refractivity (Wildman–Crippen MR) is 70.7 cm³/mol. The smallest absolute Gasteiger partial charge is 0.416 e. The van der Waals surface area contributed by atoms with E-state index in [1.54, 1.807) is 0 Å². The first kappa shape index (κ1) is 18.9. The van der Waals surface area contributed by atoms with E-state index in [1.165, 1.54) is 9.13 Å². The van der Waals surface area contributed by atoms with Crippen LogP contribution in [0.3, 0.4) is 0 Å². The molecule has 0 radical (unpaired) electrons. The van der Waals surface area contributed by atoms with Crippen molar-refractivity contribution in [2.75, 3.05) is 0 Å². The zero-order valence-corrected chi connectivity index (χ0v) is 14.4. The van der Waals surface area contributed by atoms with Crippen LogP contribution in [-0.2, 0) is 16.3 Å². The lowest BCUT2D eigenvalue weighted by Crippen LogP contribution is -3.34. The molecule has 2 aromatic rings. The molecular weight excluding hydrogens is 432 g/mol. The third-order valence-electron chi connectivity index (χ3n) is 2.49. The maximum Gasteiger partial charge on any atom is 0.416 e. The Kier molecular flexibility index (Phi) is 6.38. The van der Waals surface area contributed by atoms with Gasteiger partial charge in [0, 0.05) is 0 Å². The Balaban J connectivity index is 0.000000255. The zero-order valence-electron chi connectivity index (χ0n) is 11.3. The van der Waals surface area contributed by atoms with E-state index in [9.17, 15) is 26.1 Å². The van der Waals surface area contributed by atoms with Gasteiger partial charge in [-0.25, -0.2) is 8.42 Å². The molecule has 0 aromatic heterocycles. The molecule has 0 aliphatic rings. The quantitative estimate of drug-likeness (QED) is 0.462. The van der Waals surface area contributed by atoms with E-state index in [0.29, 0.717) is 24.3 Å². The summed E-state index contributed by atoms with van der Waals surface area (Å²) < 4.78 is 68.4. The van der Waals surface area contributed by atoms with Crippen LogP contribution in [0, 0.1) is 10.5 Å². The summed E-state index contributed by atoms with van der Waals surface area (Å²) in [4.78, 5) is -0.675. The number of alkyl halides is 3. The van der Waals surface area contributed by atoms with Crippen molar-refractivity contribution in [1.82, 2.24) is 0 Å². The molecular formula is C14H12F3IO3S. The van der Waals surface area contributed by atoms with Crippen molar-refractivity contribution in [3.05, 3.63) is 63.2 Å². The molecule has 0 fully saturated rings. The lowest BCUT2D eigenvalue weighted by Gasteiger charge is -2.09. The number of hydrogen-bond donors (Lipinski definition) is 0. The Morgan fingerprint density at radius 2 is 1.41 bits per heavy atom. The Bertz CT molecular complexity index is 687. The minimum atomic E-state index is -4.68. The number of rotatable bonds is 1. The fourth-order valence-corrected chi connectivity index (χ4v) is 2.21. The highest BCUT2D eigenvalue weighted by Gasteiger charge is 2.30. The van der Waals surface area contributed by atoms with Crippen LogP contribution >= 0.6 is 0 Å². The molecule has 0 heterocycles. The van der Waals surface area contributed by atoms with Crippen LogP contribution in [0.1, 0.15) is 11.1 Å². The number of hydrogen-bond acceptors (Lipinski definition) is 3. The fourth-order valence-electron chi connectivity index (χ4n) is 1.35. The second kappa shape index (κ2) is 7.42. The normalized spacial score (nSPS) is 11.5. The average molecular weight is 444 g/mol. The van der Waals surface area contributed by atoms with Gasteiger partial charge in [0.15, 0.2) is 3.57 Å². The molecule has 0 N–H and O–H groups in total. The van der Waals surface area contributed by atoms with Crippen LogP contribution in [-0.4, -0.2) is 13.0 Å². The van der Waals surface area contributed by atoms with Crippen LogP contribution in [0.15, 0.2) is 53.4 Å². The van der Waals surface area contributed by atoms with Crippen LogP contribution in [0.4, 0.5) is 13.2 Å². The maximum absolute atomic E-state index is 12.0. The summed E-state index contributed by atoms with van der Waals surface area (Å²) >= 11 is 2.03. The molecule has 0 saturated heterocycles. The van der Waals surface area contributed by atoms with E-state index in [-0.39, 0.29) is 0 Å². The molecule has 2 aromatic carbocycles. The highest BCUT2D eigenvalue weighted by Crippen LogP contribution is 2.29. The van der Waals surface area contributed by atoms with E-state index < -0.39 is 26.8 Å². The molecule has 3 nitrogen and oxygen atoms in total. The number of halogens is 4. The number of benzene rings is 2. The van der Waals surface area contributed by atoms with Crippen molar-refractivity contribution in [2.45, 2.75) is 18.0 Å². The highest BCUT2D eigenvalue weighted by atomic mass is 127. The minimum absolute atomic E-state index is 0.546. The molecule has 0 unspecified atom stereocenters. The molecule has 0 aliphatic carbocycles. The summed E-state index contributed by atoms with van der Waals surface area (Å²) in [6.45, 7) is 2.10. The van der Waals surface area contributed by atoms with Gasteiger partial charge in [-0.15, -0.1) is 0 Å². The van der Waals surface area contributed by atoms with Gasteiger partial charge in [0.05, 0.1) is 10.5 Å². The molecule has 22 heavy (non-hydrogen) atoms. The van der Waals surface area contributed by atoms with Gasteiger partial charge in [0.1, 0.15) is 10.1 Å². The Hall–Kier alpha value is -1.13. The largest absolute Gasteiger partial charge is 0.744 e. The van der Waals surface area contributed by atoms with Gasteiger partial charge in [-0.1, -0.05) is 17.7 Å². The van der Waals surface area contributed by atoms with E-state index in [4.69, 9.17) is 0 Å². The molecule has 8 heteroatoms. The summed E-state index contributed by atoms with van der Waals surface area (Å²) in [7, 11) is -4.68. The Labute approximate surface area is 140 Å². The van der Waals surface area contributed by atoms with Gasteiger partial charge in [-0.3, -0.25) is 0 Å². The Morgan fingerprint density at radius 3 is 1.73 bits per heavy atom. The van der Waals surface area contributed by atoms with Crippen molar-refractivity contribution < 1.29 is 48.7 Å². The third kappa shape index (κ3) is 6.32. The van der Waals surface area contributed by atoms with Crippen LogP contribution in [0.5, 0.6) is 0 Å². The predicted octanol–water partition coefficient (Wildman–Crippen LogP) is 0.0597. The van der Waals surface area contributed by atoms with E-state index in [2.05, 4.69) is 31.2 Å². The summed E-state index contributed by atoms with van der Waals surface area (Å²) in [5, 5.41) is 0. The van der Waals surface area contributed by atoms with E-state index in [1.807, 2.05) is 22.6 Å². The van der Waals surface area contributed by atoms with Crippen molar-refractivity contribution in [3.8, 4) is 0 Å². The first-order valence-electron chi connectivity index (χ1n) is 5.87. The third-order valence-corrected chi connectivity index (χ3v) is 4.12. The maximum atomic E-state index is 12.0. The van der Waals surface area contributed by atoms with Crippen LogP contribution in [0.2, 0.25) is 0 Å². The first-order chi connectivity index (χ1) is 10.00. The second-order valence-corrected chi connectivity index (χ2v) is 7.01. The summed E-state index contributed by atoms with van der Waals surface area (Å²) in [6.07, 6.45) is -4.54. The molecule has 0 aliphatic heterocycles. The minimum Gasteiger partial charge on any atom is -0.744 e. The monoisotopic (exact) mass is 444 g/mol. The lowest BCUT2D eigenvalue weighted by atomic mass is 10.2. The van der Waals surface area contributed by atoms with Gasteiger partial charge in [-0.05, 0) is 43.3 Å². The molecule has 120 valence electrons. The fraction of sp³-hybridized carbons (Fsp3) is 0.143. The lowest BCUT2D eigenvalue weighted by molar-refractivity contribution is -0.328. The summed E-state index contributed by atoms with van der Waals surface area (Å²) in [5.41, 5.74) is 0.335. The summed E-state index contributed by atoms with van der Waals surface area (Å²) in [6, 6.07) is 10.8. The molecule has 0 amide bonds. The first-order valence-corrected chi connectivity index (χ1v) is 8.44. The molecule has 0 bridgehead atoms. The van der Waals surface area contributed by atoms with Gasteiger partial charge in [0.25, 0.3) is 22.6 Å². The number of aryl methyl sites for hydroxylation is 1. The van der Waals surface area contributed by atoms with Gasteiger partial charge in [-0.2, -0.15) is 13.2 Å². The van der Waals surface area contributed by atoms with Crippen LogP contribution < -0.4 is 22.6 Å². The van der Waals surface area contributed by atoms with Crippen LogP contribution in [0.25, 0.3) is 0 Å². The van der Waals surface area contributed by atoms with Crippen molar-refractivity contribution >= 4 is 10.1 Å². The Morgan fingerprint density at radius 1 is 0.955 bits per heavy atom. The molecule has 0 saturated carbocycles. The van der Waals surface area contributed by atoms with Crippen molar-refractivity contribution in [2.24, 2.45) is 0 Å². The van der Waals surface area contributed by atoms with E-state index >= 15 is 0 Å². The average Bonchev–Trinajstić information content (AvgIpc) is 2.41. The summed E-state index contributed by atoms with van der Waals surface area (Å²) in [5.74, 6) is 0. The van der Waals surface area contributed by atoms with Crippen molar-refractivity contribution in [1.29, 1.82) is 0 Å². The second-order valence-electron chi connectivity index (χ2n) is 4.29. The van der Waals surface area contributed by atoms with Gasteiger partial charge in [0.2, 0.25) is 0 Å².